The summed E-state index contributed by atoms with van der Waals surface area (Å²) in [5.41, 5.74) is 2.32. The van der Waals surface area contributed by atoms with Gasteiger partial charge >= 0.3 is 5.97 Å². The molecule has 0 radical (unpaired) electrons. The average molecular weight is 422 g/mol. The number of nitrogens with zero attached hydrogens (tertiary/aromatic N) is 1. The maximum absolute atomic E-state index is 12.4. The van der Waals surface area contributed by atoms with Gasteiger partial charge in [-0.1, -0.05) is 23.8 Å². The van der Waals surface area contributed by atoms with Gasteiger partial charge in [-0.25, -0.2) is 0 Å². The monoisotopic (exact) mass is 422 g/mol. The molecule has 1 aliphatic rings. The Morgan fingerprint density at radius 3 is 2.45 bits per heavy atom. The fraction of sp³-hybridized carbons (Fsp3) is 0.261. The van der Waals surface area contributed by atoms with E-state index in [0.29, 0.717) is 22.4 Å². The molecule has 31 heavy (non-hydrogen) atoms. The zero-order valence-electron chi connectivity index (χ0n) is 17.3. The van der Waals surface area contributed by atoms with Crippen LogP contribution >= 0.6 is 0 Å². The predicted octanol–water partition coefficient (Wildman–Crippen LogP) is 2.76. The number of hydrogen-bond acceptors (Lipinski definition) is 6. The molecule has 160 valence electrons. The van der Waals surface area contributed by atoms with Crippen LogP contribution in [-0.4, -0.2) is 47.5 Å². The van der Waals surface area contributed by atoms with Gasteiger partial charge in [0.05, 0.1) is 16.8 Å². The third-order valence-electron chi connectivity index (χ3n) is 4.83. The van der Waals surface area contributed by atoms with E-state index in [1.54, 1.807) is 42.5 Å². The highest BCUT2D eigenvalue weighted by Gasteiger charge is 2.35. The number of anilines is 1. The summed E-state index contributed by atoms with van der Waals surface area (Å²) in [5.74, 6) is -2.14. The third kappa shape index (κ3) is 5.03. The van der Waals surface area contributed by atoms with Crippen LogP contribution in [-0.2, 0) is 14.3 Å². The minimum absolute atomic E-state index is 0.0518. The molecule has 3 rings (SSSR count). The average Bonchev–Trinajstić information content (AvgIpc) is 2.96. The maximum atomic E-state index is 12.4. The van der Waals surface area contributed by atoms with E-state index in [2.05, 4.69) is 5.32 Å². The number of hydrogen-bond donors (Lipinski definition) is 1. The van der Waals surface area contributed by atoms with Crippen LogP contribution in [0, 0.1) is 6.92 Å². The van der Waals surface area contributed by atoms with Crippen LogP contribution in [0.4, 0.5) is 5.69 Å². The third-order valence-corrected chi connectivity index (χ3v) is 4.83. The summed E-state index contributed by atoms with van der Waals surface area (Å²) in [7, 11) is 0. The second-order valence-electron chi connectivity index (χ2n) is 7.23. The van der Waals surface area contributed by atoms with Crippen molar-refractivity contribution in [3.63, 3.8) is 0 Å². The fourth-order valence-electron chi connectivity index (χ4n) is 3.29. The number of benzene rings is 2. The Morgan fingerprint density at radius 1 is 1.00 bits per heavy atom. The maximum Gasteiger partial charge on any atom is 0.306 e. The van der Waals surface area contributed by atoms with Crippen molar-refractivity contribution in [1.82, 2.24) is 4.90 Å². The summed E-state index contributed by atoms with van der Waals surface area (Å²) in [6.45, 7) is 2.81. The van der Waals surface area contributed by atoms with Crippen molar-refractivity contribution in [2.45, 2.75) is 26.7 Å². The molecule has 0 aliphatic carbocycles. The van der Waals surface area contributed by atoms with E-state index in [9.17, 15) is 24.0 Å². The molecule has 2 aromatic carbocycles. The standard InChI is InChI=1S/C23H22N2O6/c1-14-9-10-17-18(12-14)23(30)25(22(17)29)11-5-8-21(28)31-13-20(27)24-19-7-4-3-6-16(19)15(2)26/h3-4,6-7,9-10,12H,5,8,11,13H2,1-2H3,(H,24,27). The first-order valence-electron chi connectivity index (χ1n) is 9.80. The van der Waals surface area contributed by atoms with Gasteiger partial charge in [0, 0.05) is 18.5 Å². The molecule has 8 nitrogen and oxygen atoms in total. The van der Waals surface area contributed by atoms with Gasteiger partial charge in [0.1, 0.15) is 0 Å². The van der Waals surface area contributed by atoms with Crippen molar-refractivity contribution in [2.75, 3.05) is 18.5 Å². The van der Waals surface area contributed by atoms with Crippen molar-refractivity contribution in [3.05, 3.63) is 64.7 Å². The van der Waals surface area contributed by atoms with Gasteiger partial charge in [-0.3, -0.25) is 28.9 Å². The highest BCUT2D eigenvalue weighted by molar-refractivity contribution is 6.21. The summed E-state index contributed by atoms with van der Waals surface area (Å²) in [6, 6.07) is 11.6. The smallest absolute Gasteiger partial charge is 0.306 e. The number of para-hydroxylation sites is 1. The molecule has 0 saturated carbocycles. The van der Waals surface area contributed by atoms with Crippen molar-refractivity contribution in [1.29, 1.82) is 0 Å². The molecule has 1 aliphatic heterocycles. The van der Waals surface area contributed by atoms with Crippen LogP contribution in [0.3, 0.4) is 0 Å². The number of carbonyl (C=O) groups excluding carboxylic acids is 5. The van der Waals surface area contributed by atoms with E-state index in [1.165, 1.54) is 6.92 Å². The summed E-state index contributed by atoms with van der Waals surface area (Å²) >= 11 is 0. The lowest BCUT2D eigenvalue weighted by molar-refractivity contribution is -0.147. The van der Waals surface area contributed by atoms with Crippen LogP contribution in [0.2, 0.25) is 0 Å². The molecule has 2 aromatic rings. The Morgan fingerprint density at radius 2 is 1.71 bits per heavy atom. The number of carbonyl (C=O) groups is 5. The molecule has 0 fully saturated rings. The fourth-order valence-corrected chi connectivity index (χ4v) is 3.29. The van der Waals surface area contributed by atoms with Gasteiger partial charge in [0.25, 0.3) is 17.7 Å². The minimum atomic E-state index is -0.623. The Balaban J connectivity index is 1.44. The Hall–Kier alpha value is -3.81. The van der Waals surface area contributed by atoms with E-state index < -0.39 is 18.5 Å². The van der Waals surface area contributed by atoms with E-state index in [1.807, 2.05) is 6.92 Å². The number of ketones is 1. The quantitative estimate of drug-likeness (QED) is 0.398. The summed E-state index contributed by atoms with van der Waals surface area (Å²) in [5, 5.41) is 2.54. The van der Waals surface area contributed by atoms with Gasteiger partial charge in [-0.2, -0.15) is 0 Å². The lowest BCUT2D eigenvalue weighted by atomic mass is 10.1. The van der Waals surface area contributed by atoms with Crippen LogP contribution in [0.5, 0.6) is 0 Å². The second kappa shape index (κ2) is 9.34. The zero-order chi connectivity index (χ0) is 22.5. The molecular formula is C23H22N2O6. The lowest BCUT2D eigenvalue weighted by Gasteiger charge is -2.13. The highest BCUT2D eigenvalue weighted by Crippen LogP contribution is 2.24. The summed E-state index contributed by atoms with van der Waals surface area (Å²) < 4.78 is 4.95. The number of rotatable bonds is 8. The molecule has 0 aromatic heterocycles. The van der Waals surface area contributed by atoms with E-state index in [-0.39, 0.29) is 37.0 Å². The van der Waals surface area contributed by atoms with Gasteiger partial charge in [0.15, 0.2) is 12.4 Å². The molecule has 0 saturated heterocycles. The van der Waals surface area contributed by atoms with E-state index in [4.69, 9.17) is 4.74 Å². The topological polar surface area (TPSA) is 110 Å². The number of esters is 1. The lowest BCUT2D eigenvalue weighted by Crippen LogP contribution is -2.31. The minimum Gasteiger partial charge on any atom is -0.456 e. The van der Waals surface area contributed by atoms with Crippen LogP contribution in [0.25, 0.3) is 0 Å². The molecule has 0 unspecified atom stereocenters. The number of aryl methyl sites for hydroxylation is 1. The van der Waals surface area contributed by atoms with Crippen molar-refractivity contribution >= 4 is 35.2 Å². The molecule has 8 heteroatoms. The normalized spacial score (nSPS) is 12.5. The van der Waals surface area contributed by atoms with Gasteiger partial charge < -0.3 is 10.1 Å². The summed E-state index contributed by atoms with van der Waals surface area (Å²) in [4.78, 5) is 61.4. The van der Waals surface area contributed by atoms with Gasteiger partial charge in [-0.15, -0.1) is 0 Å². The number of amides is 3. The SMILES string of the molecule is CC(=O)c1ccccc1NC(=O)COC(=O)CCCN1C(=O)c2ccc(C)cc2C1=O. The Kier molecular flexibility index (Phi) is 6.59. The predicted molar refractivity (Wildman–Crippen MR) is 112 cm³/mol. The number of nitrogens with one attached hydrogen (secondary N) is 1. The molecule has 0 spiro atoms. The zero-order valence-corrected chi connectivity index (χ0v) is 17.3. The van der Waals surface area contributed by atoms with Crippen molar-refractivity contribution in [2.24, 2.45) is 0 Å². The van der Waals surface area contributed by atoms with Crippen LogP contribution in [0.15, 0.2) is 42.5 Å². The van der Waals surface area contributed by atoms with Gasteiger partial charge in [0.2, 0.25) is 0 Å². The summed E-state index contributed by atoms with van der Waals surface area (Å²) in [6.07, 6.45) is 0.168. The first kappa shape index (κ1) is 21.9. The second-order valence-corrected chi connectivity index (χ2v) is 7.23. The number of imide groups is 1. The Bertz CT molecular complexity index is 1080. The number of fused-ring (bicyclic) bond motifs is 1. The van der Waals surface area contributed by atoms with Crippen molar-refractivity contribution in [3.8, 4) is 0 Å². The molecule has 1 heterocycles. The van der Waals surface area contributed by atoms with E-state index >= 15 is 0 Å². The van der Waals surface area contributed by atoms with Gasteiger partial charge in [-0.05, 0) is 44.5 Å². The number of ether oxygens (including phenoxy) is 1. The Labute approximate surface area is 179 Å². The first-order valence-corrected chi connectivity index (χ1v) is 9.80. The molecular weight excluding hydrogens is 400 g/mol. The molecule has 1 N–H and O–H groups in total. The largest absolute Gasteiger partial charge is 0.456 e. The first-order chi connectivity index (χ1) is 14.8. The van der Waals surface area contributed by atoms with E-state index in [0.717, 1.165) is 10.5 Å². The molecule has 0 atom stereocenters. The highest BCUT2D eigenvalue weighted by atomic mass is 16.5. The molecule has 0 bridgehead atoms. The van der Waals surface area contributed by atoms with Crippen LogP contribution in [0.1, 0.15) is 56.4 Å². The van der Waals surface area contributed by atoms with Crippen molar-refractivity contribution < 1.29 is 28.7 Å². The van der Waals surface area contributed by atoms with Crippen LogP contribution < -0.4 is 5.32 Å². The number of Topliss-reactive ketones (excluding diaryl/α,β-unsaturated/α-hetero) is 1. The molecule has 3 amide bonds.